The van der Waals surface area contributed by atoms with Gasteiger partial charge in [0.1, 0.15) is 11.4 Å². The van der Waals surface area contributed by atoms with Crippen molar-refractivity contribution < 1.29 is 18.3 Å². The van der Waals surface area contributed by atoms with E-state index in [-0.39, 0.29) is 23.4 Å². The highest BCUT2D eigenvalue weighted by molar-refractivity contribution is 7.98. The lowest BCUT2D eigenvalue weighted by Crippen LogP contribution is -2.26. The van der Waals surface area contributed by atoms with Crippen molar-refractivity contribution in [3.05, 3.63) is 66.5 Å². The average molecular weight is 460 g/mol. The number of ether oxygens (including phenoxy) is 1. The number of hydrogen-bond donors (Lipinski definition) is 0. The maximum Gasteiger partial charge on any atom is 0.394 e. The molecule has 0 N–H and O–H groups in total. The van der Waals surface area contributed by atoms with Crippen molar-refractivity contribution >= 4 is 17.5 Å². The van der Waals surface area contributed by atoms with Gasteiger partial charge in [0.15, 0.2) is 5.78 Å². The number of thioether (sulfide) groups is 1. The van der Waals surface area contributed by atoms with Gasteiger partial charge in [0.05, 0.1) is 5.69 Å². The highest BCUT2D eigenvalue weighted by atomic mass is 32.2. The lowest BCUT2D eigenvalue weighted by molar-refractivity contribution is -0.159. The fourth-order valence-corrected chi connectivity index (χ4v) is 5.06. The highest BCUT2D eigenvalue weighted by Gasteiger charge is 2.30. The zero-order valence-corrected chi connectivity index (χ0v) is 19.5. The molecule has 0 amide bonds. The van der Waals surface area contributed by atoms with Crippen LogP contribution in [0, 0.1) is 17.8 Å². The predicted molar refractivity (Wildman–Crippen MR) is 125 cm³/mol. The molecule has 3 rings (SSSR count). The van der Waals surface area contributed by atoms with Crippen LogP contribution in [0.1, 0.15) is 62.1 Å². The fraction of sp³-hybridized carbons (Fsp3) is 0.462. The van der Waals surface area contributed by atoms with Gasteiger partial charge in [0, 0.05) is 23.5 Å². The van der Waals surface area contributed by atoms with Crippen LogP contribution < -0.4 is 4.74 Å². The number of rotatable bonds is 8. The Labute approximate surface area is 193 Å². The second-order valence-electron chi connectivity index (χ2n) is 8.67. The number of allylic oxidation sites excluding steroid dienone is 1. The third-order valence-electron chi connectivity index (χ3n) is 5.91. The molecule has 0 radical (unpaired) electrons. The third-order valence-corrected chi connectivity index (χ3v) is 6.94. The van der Waals surface area contributed by atoms with Crippen LogP contribution in [0.3, 0.4) is 0 Å². The first kappa shape index (κ1) is 24.4. The maximum absolute atomic E-state index is 13.3. The number of benzene rings is 1. The minimum absolute atomic E-state index is 0.0739. The van der Waals surface area contributed by atoms with Gasteiger partial charge >= 0.3 is 6.11 Å². The number of ketones is 1. The standard InChI is InChI=1S/C26H31F2NO2S/c1-4-19-9-5-8-18(2)14-15-23(19)25(30)24-13-6-10-20(29-24)17-32-22-12-7-11-21(16-22)31-26(3,27)28/h4,6-7,10-13,16,18-19,23H,1,5,8-9,14-15,17H2,2-3H3. The van der Waals surface area contributed by atoms with Crippen LogP contribution in [0.2, 0.25) is 0 Å². The van der Waals surface area contributed by atoms with E-state index in [1.54, 1.807) is 18.2 Å². The molecule has 1 aromatic heterocycles. The lowest BCUT2D eigenvalue weighted by Gasteiger charge is -2.28. The summed E-state index contributed by atoms with van der Waals surface area (Å²) in [7, 11) is 0. The number of carbonyl (C=O) groups is 1. The molecule has 1 aromatic carbocycles. The van der Waals surface area contributed by atoms with E-state index < -0.39 is 6.11 Å². The van der Waals surface area contributed by atoms with Crippen molar-refractivity contribution in [1.82, 2.24) is 4.98 Å². The quantitative estimate of drug-likeness (QED) is 0.232. The summed E-state index contributed by atoms with van der Waals surface area (Å²) in [6.07, 6.45) is 3.95. The predicted octanol–water partition coefficient (Wildman–Crippen LogP) is 7.57. The number of aromatic nitrogens is 1. The Balaban J connectivity index is 1.69. The summed E-state index contributed by atoms with van der Waals surface area (Å²) in [5.41, 5.74) is 1.28. The molecule has 3 nitrogen and oxygen atoms in total. The molecule has 1 aliphatic rings. The molecule has 0 aliphatic heterocycles. The van der Waals surface area contributed by atoms with Crippen molar-refractivity contribution in [3.63, 3.8) is 0 Å². The van der Waals surface area contributed by atoms with Gasteiger partial charge in [-0.25, -0.2) is 4.98 Å². The van der Waals surface area contributed by atoms with Crippen molar-refractivity contribution in [3.8, 4) is 5.75 Å². The number of carbonyl (C=O) groups excluding carboxylic acids is 1. The summed E-state index contributed by atoms with van der Waals surface area (Å²) in [6, 6.07) is 12.1. The van der Waals surface area contributed by atoms with Gasteiger partial charge in [-0.3, -0.25) is 4.79 Å². The molecule has 1 aliphatic carbocycles. The molecule has 3 unspecified atom stereocenters. The topological polar surface area (TPSA) is 39.2 Å². The van der Waals surface area contributed by atoms with Crippen molar-refractivity contribution in [2.24, 2.45) is 17.8 Å². The van der Waals surface area contributed by atoms with Crippen molar-refractivity contribution in [2.75, 3.05) is 0 Å². The minimum Gasteiger partial charge on any atom is -0.433 e. The molecular weight excluding hydrogens is 428 g/mol. The van der Waals surface area contributed by atoms with Crippen LogP contribution in [0.5, 0.6) is 5.75 Å². The maximum atomic E-state index is 13.3. The SMILES string of the molecule is C=CC1CCCC(C)CCC1C(=O)c1cccc(CSc2cccc(OC(C)(F)F)c2)n1. The zero-order chi connectivity index (χ0) is 23.1. The summed E-state index contributed by atoms with van der Waals surface area (Å²) in [5.74, 6) is 1.49. The number of halogens is 2. The molecule has 6 heteroatoms. The van der Waals surface area contributed by atoms with Crippen LogP contribution in [0.4, 0.5) is 8.78 Å². The first-order chi connectivity index (χ1) is 15.2. The molecule has 0 saturated heterocycles. The first-order valence-corrected chi connectivity index (χ1v) is 12.2. The molecular formula is C26H31F2NO2S. The Hall–Kier alpha value is -2.21. The molecule has 1 heterocycles. The van der Waals surface area contributed by atoms with Crippen LogP contribution in [0.25, 0.3) is 0 Å². The van der Waals surface area contributed by atoms with E-state index in [9.17, 15) is 13.6 Å². The Bertz CT molecular complexity index is 928. The van der Waals surface area contributed by atoms with Gasteiger partial charge in [-0.1, -0.05) is 38.0 Å². The van der Waals surface area contributed by atoms with E-state index in [0.29, 0.717) is 24.3 Å². The fourth-order valence-electron chi connectivity index (χ4n) is 4.21. The number of hydrogen-bond acceptors (Lipinski definition) is 4. The van der Waals surface area contributed by atoms with Crippen molar-refractivity contribution in [2.45, 2.75) is 62.7 Å². The summed E-state index contributed by atoms with van der Waals surface area (Å²) in [5, 5.41) is 0. The normalized spacial score (nSPS) is 21.9. The summed E-state index contributed by atoms with van der Waals surface area (Å²) < 4.78 is 30.9. The Morgan fingerprint density at radius 2 is 2.00 bits per heavy atom. The molecule has 0 spiro atoms. The molecule has 1 saturated carbocycles. The second-order valence-corrected chi connectivity index (χ2v) is 9.72. The van der Waals surface area contributed by atoms with Gasteiger partial charge in [-0.05, 0) is 61.4 Å². The highest BCUT2D eigenvalue weighted by Crippen LogP contribution is 2.33. The van der Waals surface area contributed by atoms with E-state index in [1.807, 2.05) is 24.3 Å². The van der Waals surface area contributed by atoms with E-state index in [0.717, 1.165) is 36.3 Å². The van der Waals surface area contributed by atoms with Gasteiger partial charge < -0.3 is 4.74 Å². The Morgan fingerprint density at radius 3 is 2.75 bits per heavy atom. The van der Waals surface area contributed by atoms with Gasteiger partial charge in [-0.2, -0.15) is 8.78 Å². The molecule has 172 valence electrons. The average Bonchev–Trinajstić information content (AvgIpc) is 2.74. The first-order valence-electron chi connectivity index (χ1n) is 11.2. The van der Waals surface area contributed by atoms with Crippen LogP contribution >= 0.6 is 11.8 Å². The summed E-state index contributed by atoms with van der Waals surface area (Å²) in [6.45, 7) is 6.95. The molecule has 0 bridgehead atoms. The van der Waals surface area contributed by atoms with Crippen LogP contribution in [-0.4, -0.2) is 16.9 Å². The van der Waals surface area contributed by atoms with Crippen molar-refractivity contribution in [1.29, 1.82) is 0 Å². The lowest BCUT2D eigenvalue weighted by atomic mass is 9.76. The van der Waals surface area contributed by atoms with E-state index in [1.165, 1.54) is 24.2 Å². The van der Waals surface area contributed by atoms with Gasteiger partial charge in [0.2, 0.25) is 0 Å². The minimum atomic E-state index is -3.22. The molecule has 1 fully saturated rings. The largest absolute Gasteiger partial charge is 0.433 e. The molecule has 32 heavy (non-hydrogen) atoms. The number of alkyl halides is 2. The number of Topliss-reactive ketones (excluding diaryl/α,β-unsaturated/α-hetero) is 1. The summed E-state index contributed by atoms with van der Waals surface area (Å²) >= 11 is 1.47. The third kappa shape index (κ3) is 7.16. The smallest absolute Gasteiger partial charge is 0.394 e. The Kier molecular flexibility index (Phi) is 8.46. The zero-order valence-electron chi connectivity index (χ0n) is 18.7. The Morgan fingerprint density at radius 1 is 1.22 bits per heavy atom. The van der Waals surface area contributed by atoms with Crippen LogP contribution in [0.15, 0.2) is 60.0 Å². The number of nitrogens with zero attached hydrogens (tertiary/aromatic N) is 1. The van der Waals surface area contributed by atoms with Gasteiger partial charge in [-0.15, -0.1) is 18.3 Å². The van der Waals surface area contributed by atoms with E-state index in [4.69, 9.17) is 0 Å². The molecule has 2 aromatic rings. The van der Waals surface area contributed by atoms with E-state index in [2.05, 4.69) is 23.2 Å². The second kappa shape index (κ2) is 11.1. The van der Waals surface area contributed by atoms with E-state index >= 15 is 0 Å². The summed E-state index contributed by atoms with van der Waals surface area (Å²) in [4.78, 5) is 18.8. The van der Waals surface area contributed by atoms with Gasteiger partial charge in [0.25, 0.3) is 0 Å². The molecule has 3 atom stereocenters. The monoisotopic (exact) mass is 459 g/mol. The van der Waals surface area contributed by atoms with Crippen LogP contribution in [-0.2, 0) is 5.75 Å². The number of pyridine rings is 1.